The zero-order valence-corrected chi connectivity index (χ0v) is 9.42. The molecule has 2 rings (SSSR count). The second-order valence-corrected chi connectivity index (χ2v) is 5.14. The number of ether oxygens (including phenoxy) is 2. The monoisotopic (exact) mass is 232 g/mol. The van der Waals surface area contributed by atoms with Crippen LogP contribution in [-0.4, -0.2) is 47.5 Å². The van der Waals surface area contributed by atoms with Crippen LogP contribution in [-0.2, 0) is 14.3 Å². The van der Waals surface area contributed by atoms with Crippen molar-refractivity contribution in [3.05, 3.63) is 0 Å². The summed E-state index contributed by atoms with van der Waals surface area (Å²) >= 11 is 1.66. The van der Waals surface area contributed by atoms with Crippen molar-refractivity contribution in [2.75, 3.05) is 24.7 Å². The van der Waals surface area contributed by atoms with Crippen LogP contribution < -0.4 is 0 Å². The zero-order chi connectivity index (χ0) is 10.7. The van der Waals surface area contributed by atoms with Gasteiger partial charge in [-0.25, -0.2) is 4.79 Å². The van der Waals surface area contributed by atoms with Gasteiger partial charge in [-0.2, -0.15) is 11.8 Å². The van der Waals surface area contributed by atoms with Crippen molar-refractivity contribution in [1.82, 2.24) is 0 Å². The van der Waals surface area contributed by atoms with Crippen LogP contribution in [0.1, 0.15) is 19.3 Å². The summed E-state index contributed by atoms with van der Waals surface area (Å²) in [6.07, 6.45) is 2.33. The van der Waals surface area contributed by atoms with Gasteiger partial charge in [-0.05, 0) is 25.0 Å². The molecule has 4 nitrogen and oxygen atoms in total. The van der Waals surface area contributed by atoms with Crippen LogP contribution in [0.2, 0.25) is 0 Å². The maximum Gasteiger partial charge on any atom is 0.336 e. The minimum Gasteiger partial charge on any atom is -0.479 e. The molecule has 1 N–H and O–H groups in total. The van der Waals surface area contributed by atoms with E-state index in [-0.39, 0.29) is 6.10 Å². The lowest BCUT2D eigenvalue weighted by Gasteiger charge is -2.31. The molecule has 15 heavy (non-hydrogen) atoms. The Kier molecular flexibility index (Phi) is 3.53. The molecule has 0 aromatic heterocycles. The Balaban J connectivity index is 1.96. The molecule has 1 unspecified atom stereocenters. The first kappa shape index (κ1) is 11.2. The van der Waals surface area contributed by atoms with Gasteiger partial charge in [0.15, 0.2) is 5.60 Å². The van der Waals surface area contributed by atoms with Gasteiger partial charge >= 0.3 is 5.97 Å². The summed E-state index contributed by atoms with van der Waals surface area (Å²) in [5.74, 6) is 0.661. The fourth-order valence-electron chi connectivity index (χ4n) is 1.97. The Morgan fingerprint density at radius 3 is 2.73 bits per heavy atom. The summed E-state index contributed by atoms with van der Waals surface area (Å²) in [7, 11) is 0. The van der Waals surface area contributed by atoms with Gasteiger partial charge in [0.25, 0.3) is 0 Å². The first-order chi connectivity index (χ1) is 7.23. The number of rotatable bonds is 3. The van der Waals surface area contributed by atoms with Crippen molar-refractivity contribution < 1.29 is 19.4 Å². The molecule has 1 atom stereocenters. The SMILES string of the molecule is O=C(O)C1(OC2CCOCC2)CCSC1. The molecular weight excluding hydrogens is 216 g/mol. The fourth-order valence-corrected chi connectivity index (χ4v) is 3.26. The molecule has 0 aliphatic carbocycles. The smallest absolute Gasteiger partial charge is 0.336 e. The average Bonchev–Trinajstić information content (AvgIpc) is 2.69. The summed E-state index contributed by atoms with van der Waals surface area (Å²) in [6.45, 7) is 1.38. The van der Waals surface area contributed by atoms with Gasteiger partial charge in [0, 0.05) is 19.0 Å². The summed E-state index contributed by atoms with van der Waals surface area (Å²) < 4.78 is 11.0. The first-order valence-electron chi connectivity index (χ1n) is 5.30. The van der Waals surface area contributed by atoms with Crippen LogP contribution in [0.5, 0.6) is 0 Å². The van der Waals surface area contributed by atoms with E-state index in [1.807, 2.05) is 0 Å². The molecule has 0 amide bonds. The lowest BCUT2D eigenvalue weighted by molar-refractivity contribution is -0.175. The van der Waals surface area contributed by atoms with Crippen molar-refractivity contribution in [1.29, 1.82) is 0 Å². The molecule has 2 fully saturated rings. The Morgan fingerprint density at radius 2 is 2.20 bits per heavy atom. The highest BCUT2D eigenvalue weighted by Crippen LogP contribution is 2.34. The Hall–Kier alpha value is -0.260. The highest BCUT2D eigenvalue weighted by atomic mass is 32.2. The number of hydrogen-bond acceptors (Lipinski definition) is 4. The van der Waals surface area contributed by atoms with Crippen LogP contribution in [0, 0.1) is 0 Å². The third-order valence-electron chi connectivity index (χ3n) is 2.94. The molecule has 2 aliphatic heterocycles. The molecule has 0 bridgehead atoms. The standard InChI is InChI=1S/C10H16O4S/c11-9(12)10(3-6-15-7-10)14-8-1-4-13-5-2-8/h8H,1-7H2,(H,11,12). The van der Waals surface area contributed by atoms with Gasteiger partial charge in [-0.3, -0.25) is 0 Å². The van der Waals surface area contributed by atoms with E-state index in [1.165, 1.54) is 0 Å². The minimum atomic E-state index is -0.924. The van der Waals surface area contributed by atoms with Crippen LogP contribution in [0.3, 0.4) is 0 Å². The molecule has 86 valence electrons. The third-order valence-corrected chi connectivity index (χ3v) is 4.10. The normalized spacial score (nSPS) is 33.1. The first-order valence-corrected chi connectivity index (χ1v) is 6.45. The Bertz CT molecular complexity index is 232. The van der Waals surface area contributed by atoms with E-state index >= 15 is 0 Å². The lowest BCUT2D eigenvalue weighted by atomic mass is 10.0. The van der Waals surface area contributed by atoms with Gasteiger partial charge < -0.3 is 14.6 Å². The Labute approximate surface area is 93.3 Å². The second kappa shape index (κ2) is 4.72. The second-order valence-electron chi connectivity index (χ2n) is 4.03. The summed E-state index contributed by atoms with van der Waals surface area (Å²) in [5.41, 5.74) is -0.924. The topological polar surface area (TPSA) is 55.8 Å². The highest BCUT2D eigenvalue weighted by molar-refractivity contribution is 7.99. The maximum absolute atomic E-state index is 11.2. The van der Waals surface area contributed by atoms with Crippen LogP contribution in [0.4, 0.5) is 0 Å². The number of aliphatic carboxylic acids is 1. The zero-order valence-electron chi connectivity index (χ0n) is 8.61. The molecule has 0 radical (unpaired) electrons. The predicted octanol–water partition coefficient (Wildman–Crippen LogP) is 1.14. The van der Waals surface area contributed by atoms with Crippen molar-refractivity contribution in [2.24, 2.45) is 0 Å². The molecule has 0 saturated carbocycles. The van der Waals surface area contributed by atoms with E-state index in [1.54, 1.807) is 11.8 Å². The van der Waals surface area contributed by atoms with E-state index in [0.29, 0.717) is 25.4 Å². The summed E-state index contributed by atoms with van der Waals surface area (Å²) in [4.78, 5) is 11.2. The lowest BCUT2D eigenvalue weighted by Crippen LogP contribution is -2.45. The molecule has 2 saturated heterocycles. The van der Waals surface area contributed by atoms with Gasteiger partial charge in [0.2, 0.25) is 0 Å². The molecule has 5 heteroatoms. The number of hydrogen-bond donors (Lipinski definition) is 1. The molecule has 2 heterocycles. The number of thioether (sulfide) groups is 1. The van der Waals surface area contributed by atoms with Gasteiger partial charge in [-0.15, -0.1) is 0 Å². The maximum atomic E-state index is 11.2. The Morgan fingerprint density at radius 1 is 1.47 bits per heavy atom. The molecule has 0 aromatic rings. The van der Waals surface area contributed by atoms with E-state index < -0.39 is 11.6 Å². The summed E-state index contributed by atoms with van der Waals surface area (Å²) in [5, 5.41) is 9.22. The van der Waals surface area contributed by atoms with E-state index in [2.05, 4.69) is 0 Å². The van der Waals surface area contributed by atoms with Gasteiger partial charge in [-0.1, -0.05) is 0 Å². The summed E-state index contributed by atoms with van der Waals surface area (Å²) in [6, 6.07) is 0. The van der Waals surface area contributed by atoms with E-state index in [9.17, 15) is 9.90 Å². The van der Waals surface area contributed by atoms with Crippen molar-refractivity contribution in [3.8, 4) is 0 Å². The number of carboxylic acids is 1. The average molecular weight is 232 g/mol. The third kappa shape index (κ3) is 2.46. The van der Waals surface area contributed by atoms with Gasteiger partial charge in [0.05, 0.1) is 6.10 Å². The van der Waals surface area contributed by atoms with Crippen molar-refractivity contribution in [3.63, 3.8) is 0 Å². The predicted molar refractivity (Wildman–Crippen MR) is 57.2 cm³/mol. The van der Waals surface area contributed by atoms with E-state index in [0.717, 1.165) is 18.6 Å². The number of carbonyl (C=O) groups is 1. The van der Waals surface area contributed by atoms with E-state index in [4.69, 9.17) is 9.47 Å². The van der Waals surface area contributed by atoms with Crippen LogP contribution >= 0.6 is 11.8 Å². The van der Waals surface area contributed by atoms with Crippen molar-refractivity contribution in [2.45, 2.75) is 31.0 Å². The molecule has 0 aromatic carbocycles. The van der Waals surface area contributed by atoms with Gasteiger partial charge in [0.1, 0.15) is 0 Å². The molecule has 0 spiro atoms. The van der Waals surface area contributed by atoms with Crippen molar-refractivity contribution >= 4 is 17.7 Å². The number of carboxylic acid groups (broad SMARTS) is 1. The molecule has 2 aliphatic rings. The largest absolute Gasteiger partial charge is 0.479 e. The minimum absolute atomic E-state index is 0.0635. The highest BCUT2D eigenvalue weighted by Gasteiger charge is 2.45. The van der Waals surface area contributed by atoms with Crippen LogP contribution in [0.25, 0.3) is 0 Å². The van der Waals surface area contributed by atoms with Crippen LogP contribution in [0.15, 0.2) is 0 Å². The fraction of sp³-hybridized carbons (Fsp3) is 0.900. The quantitative estimate of drug-likeness (QED) is 0.791. The molecular formula is C10H16O4S.